The zero-order valence-electron chi connectivity index (χ0n) is 38.6. The minimum absolute atomic E-state index is 1.03. The Morgan fingerprint density at radius 2 is 0.682 bits per heavy atom. The smallest absolute Gasteiger partial charge is 0.104 e. The molecule has 0 radical (unpaired) electrons. The van der Waals surface area contributed by atoms with Crippen molar-refractivity contribution < 1.29 is 0 Å². The lowest BCUT2D eigenvalue weighted by Gasteiger charge is -2.03. The summed E-state index contributed by atoms with van der Waals surface area (Å²) < 4.78 is 20.1. The first-order chi connectivity index (χ1) is 32.4. The van der Waals surface area contributed by atoms with Crippen molar-refractivity contribution in [1.29, 1.82) is 0 Å². The normalized spacial score (nSPS) is 13.7. The van der Waals surface area contributed by atoms with E-state index in [1.807, 2.05) is 151 Å². The Hall–Kier alpha value is -0.240. The van der Waals surface area contributed by atoms with Crippen molar-refractivity contribution in [2.24, 2.45) is 0 Å². The molecule has 348 valence electrons. The molecule has 4 bridgehead atoms. The summed E-state index contributed by atoms with van der Waals surface area (Å²) >= 11 is 26.9. The predicted molar refractivity (Wildman–Crippen MR) is 320 cm³/mol. The molecule has 0 aromatic carbocycles. The zero-order chi connectivity index (χ0) is 46.1. The zero-order valence-corrected chi connectivity index (χ0v) is 50.0. The van der Waals surface area contributed by atoms with Crippen LogP contribution in [0.5, 0.6) is 0 Å². The average Bonchev–Trinajstić information content (AvgIpc) is 4.19. The average molecular weight is 1130 g/mol. The van der Waals surface area contributed by atoms with E-state index in [9.17, 15) is 0 Å². The number of thiophene rings is 2. The Kier molecular flexibility index (Phi) is 23.3. The molecule has 2 aromatic heterocycles. The summed E-state index contributed by atoms with van der Waals surface area (Å²) in [7, 11) is 0. The van der Waals surface area contributed by atoms with Crippen LogP contribution < -0.4 is 7.69 Å². The third kappa shape index (κ3) is 15.1. The summed E-state index contributed by atoms with van der Waals surface area (Å²) in [6, 6.07) is 33.8. The Morgan fingerprint density at radius 1 is 0.364 bits per heavy atom. The summed E-state index contributed by atoms with van der Waals surface area (Å²) in [5.41, 5.74) is 2.84. The molecule has 0 nitrogen and oxygen atoms in total. The van der Waals surface area contributed by atoms with Crippen molar-refractivity contribution >= 4 is 189 Å². The lowest BCUT2D eigenvalue weighted by molar-refractivity contribution is 0.767. The van der Waals surface area contributed by atoms with Gasteiger partial charge in [0, 0.05) is 0 Å². The number of aryl methyl sites for hydroxylation is 2. The number of unbranched alkanes of at least 4 members (excludes halogenated alkanes) is 6. The van der Waals surface area contributed by atoms with Crippen LogP contribution >= 0.6 is 162 Å². The fraction of sp³-hybridized carbons (Fsp3) is 0.462. The first kappa shape index (κ1) is 53.6. The molecule has 0 amide bonds. The number of hydrogen-bond donors (Lipinski definition) is 0. The van der Waals surface area contributed by atoms with Crippen LogP contribution in [0.3, 0.4) is 0 Å². The minimum Gasteiger partial charge on any atom is -0.118 e. The first-order valence-electron chi connectivity index (χ1n) is 23.2. The number of rotatable bonds is 22. The minimum atomic E-state index is 1.03. The summed E-state index contributed by atoms with van der Waals surface area (Å²) in [6.45, 7) is 13.7. The van der Waals surface area contributed by atoms with Gasteiger partial charge in [-0.25, -0.2) is 0 Å². The van der Waals surface area contributed by atoms with E-state index in [0.717, 1.165) is 66.1 Å². The second-order valence-corrected chi connectivity index (χ2v) is 32.1. The van der Waals surface area contributed by atoms with Gasteiger partial charge in [-0.15, -0.1) is 115 Å². The molecule has 66 heavy (non-hydrogen) atoms. The molecule has 0 N–H and O–H groups in total. The molecule has 0 aliphatic carbocycles. The molecule has 0 spiro atoms. The van der Waals surface area contributed by atoms with Crippen LogP contribution in [0.2, 0.25) is 0 Å². The summed E-state index contributed by atoms with van der Waals surface area (Å²) in [4.78, 5) is 0. The number of hydrogen-bond acceptors (Lipinski definition) is 14. The summed E-state index contributed by atoms with van der Waals surface area (Å²) in [5, 5.41) is 0. The molecule has 14 heteroatoms. The molecule has 0 saturated carbocycles. The van der Waals surface area contributed by atoms with E-state index < -0.39 is 0 Å². The van der Waals surface area contributed by atoms with E-state index in [2.05, 4.69) is 102 Å². The van der Waals surface area contributed by atoms with Crippen LogP contribution in [0, 0.1) is 66.7 Å². The van der Waals surface area contributed by atoms with E-state index in [4.69, 9.17) is 0 Å². The van der Waals surface area contributed by atoms with Gasteiger partial charge in [-0.3, -0.25) is 0 Å². The highest BCUT2D eigenvalue weighted by atomic mass is 32.3. The van der Waals surface area contributed by atoms with Gasteiger partial charge in [0.05, 0.1) is 44.2 Å². The topological polar surface area (TPSA) is 0 Å². The fourth-order valence-corrected chi connectivity index (χ4v) is 25.6. The second-order valence-electron chi connectivity index (χ2n) is 15.3. The fourth-order valence-electron chi connectivity index (χ4n) is 6.27. The van der Waals surface area contributed by atoms with E-state index in [1.54, 1.807) is 11.3 Å². The van der Waals surface area contributed by atoms with Gasteiger partial charge in [0.25, 0.3) is 0 Å². The molecule has 5 aliphatic rings. The third-order valence-corrected chi connectivity index (χ3v) is 29.3. The summed E-state index contributed by atoms with van der Waals surface area (Å²) in [6.07, 6.45) is 16.6. The second kappa shape index (κ2) is 28.7. The Balaban J connectivity index is 1.40. The quantitative estimate of drug-likeness (QED) is 0.0621. The van der Waals surface area contributed by atoms with Gasteiger partial charge in [-0.1, -0.05) is 127 Å². The van der Waals surface area contributed by atoms with Crippen molar-refractivity contribution in [2.45, 2.75) is 131 Å². The molecule has 7 rings (SSSR count). The number of fused-ring (bicyclic) bond motifs is 4. The van der Waals surface area contributed by atoms with Crippen LogP contribution in [0.4, 0.5) is 0 Å². The molecule has 5 aliphatic heterocycles. The highest BCUT2D eigenvalue weighted by Crippen LogP contribution is 2.59. The van der Waals surface area contributed by atoms with Crippen LogP contribution in [0.25, 0.3) is 27.3 Å². The largest absolute Gasteiger partial charge is 0.118 e. The lowest BCUT2D eigenvalue weighted by Crippen LogP contribution is -1.91. The molecule has 0 atom stereocenters. The first-order valence-corrected chi connectivity index (χ1v) is 35.3. The molecule has 0 fully saturated rings. The maximum atomic E-state index is 3.79. The van der Waals surface area contributed by atoms with Crippen LogP contribution in [-0.2, 0) is 12.8 Å². The van der Waals surface area contributed by atoms with Gasteiger partial charge < -0.3 is 0 Å². The van der Waals surface area contributed by atoms with Crippen LogP contribution in [0.15, 0.2) is 29.1 Å². The van der Waals surface area contributed by atoms with Crippen LogP contribution in [-0.4, -0.2) is 23.0 Å². The van der Waals surface area contributed by atoms with Gasteiger partial charge in [0.2, 0.25) is 0 Å². The molecule has 7 heterocycles. The maximum absolute atomic E-state index is 3.79. The van der Waals surface area contributed by atoms with Gasteiger partial charge in [-0.05, 0) is 146 Å². The number of thioether (sulfide) groups is 8. The maximum Gasteiger partial charge on any atom is 0.104 e. The highest BCUT2D eigenvalue weighted by Gasteiger charge is 2.25. The monoisotopic (exact) mass is 1130 g/mol. The van der Waals surface area contributed by atoms with Crippen LogP contribution in [0.1, 0.15) is 130 Å². The highest BCUT2D eigenvalue weighted by molar-refractivity contribution is 8.46. The van der Waals surface area contributed by atoms with Crippen molar-refractivity contribution in [3.8, 4) is 0 Å². The van der Waals surface area contributed by atoms with Crippen molar-refractivity contribution in [2.75, 3.05) is 23.0 Å². The Morgan fingerprint density at radius 3 is 1.00 bits per heavy atom. The van der Waals surface area contributed by atoms with Crippen molar-refractivity contribution in [1.82, 2.24) is 0 Å². The SMILES string of the molecule is CCCCSC1=C(SCCCC)SC(=c2sc3c#cc4ccc(c#cc5sc(=C6SC(SCCCC)=C(SCCCC)S6)sc=5c#cc5sc(c#cc=3s2)c(CCCC)c5CCCC)s4)S1. The van der Waals surface area contributed by atoms with Crippen molar-refractivity contribution in [3.05, 3.63) is 115 Å². The Labute approximate surface area is 453 Å². The van der Waals surface area contributed by atoms with E-state index in [0.29, 0.717) is 0 Å². The van der Waals surface area contributed by atoms with E-state index in [1.165, 1.54) is 128 Å². The van der Waals surface area contributed by atoms with E-state index in [-0.39, 0.29) is 0 Å². The van der Waals surface area contributed by atoms with Gasteiger partial charge in [0.1, 0.15) is 25.8 Å². The van der Waals surface area contributed by atoms with Gasteiger partial charge >= 0.3 is 0 Å². The van der Waals surface area contributed by atoms with Crippen molar-refractivity contribution in [3.63, 3.8) is 0 Å². The molecule has 0 unspecified atom stereocenters. The Bertz CT molecular complexity index is 2640. The van der Waals surface area contributed by atoms with Gasteiger partial charge in [-0.2, -0.15) is 0 Å². The van der Waals surface area contributed by atoms with Gasteiger partial charge in [0.15, 0.2) is 0 Å². The molecule has 0 saturated heterocycles. The third-order valence-electron chi connectivity index (χ3n) is 9.98. The van der Waals surface area contributed by atoms with E-state index >= 15 is 0 Å². The standard InChI is InChI=1S/C52H56S14/c1-7-13-19-37-38(20-14-8-2)40-28-30-44-42(60-50(62-44)52-65-47(55-33-17-11-5)48(66-52)56-34-18-12-6)26-24-36-22-21-35(57-36)23-25-41-43(29-27-39(37)58-40)61-49(59-41)51-63-45(53-31-15-9-3)46(64-51)54-32-16-10-4/h21-22H,7-20,31-34H2,1-6H3. The molecular weight excluding hydrogens is 1070 g/mol. The summed E-state index contributed by atoms with van der Waals surface area (Å²) in [5.74, 6) is 4.71. The lowest BCUT2D eigenvalue weighted by atomic mass is 10.0. The molecular formula is C52H56S14. The predicted octanol–water partition coefficient (Wildman–Crippen LogP) is 19.7. The molecule has 2 aromatic rings.